The maximum Gasteiger partial charge on any atom is 0.338 e. The number of rotatable bonds is 5. The lowest BCUT2D eigenvalue weighted by atomic mass is 10.2. The van der Waals surface area contributed by atoms with Crippen LogP contribution < -0.4 is 5.23 Å². The average molecular weight is 238 g/mol. The molecule has 0 bridgehead atoms. The zero-order valence-corrected chi connectivity index (χ0v) is 9.92. The van der Waals surface area contributed by atoms with Crippen molar-refractivity contribution in [3.05, 3.63) is 35.0 Å². The van der Waals surface area contributed by atoms with E-state index in [1.807, 2.05) is 13.8 Å². The Hall–Kier alpha value is -1.59. The number of hydrogen-bond acceptors (Lipinski definition) is 5. The summed E-state index contributed by atoms with van der Waals surface area (Å²) in [5.41, 5.74) is 0.253. The fraction of sp³-hybridized carbons (Fsp3) is 0.417. The van der Waals surface area contributed by atoms with Crippen molar-refractivity contribution in [2.75, 3.05) is 5.23 Å². The number of nitrogens with zero attached hydrogens (tertiary/aromatic N) is 1. The summed E-state index contributed by atoms with van der Waals surface area (Å²) in [5, 5.41) is 19.1. The third-order valence-electron chi connectivity index (χ3n) is 2.31. The Balaban J connectivity index is 2.72. The highest BCUT2D eigenvalue weighted by Gasteiger charge is 2.11. The Kier molecular flexibility index (Phi) is 4.93. The van der Waals surface area contributed by atoms with Crippen molar-refractivity contribution in [2.45, 2.75) is 32.8 Å². The minimum atomic E-state index is -0.491. The molecule has 0 aromatic heterocycles. The average Bonchev–Trinajstić information content (AvgIpc) is 2.29. The summed E-state index contributed by atoms with van der Waals surface area (Å²) in [7, 11) is 0. The monoisotopic (exact) mass is 238 g/mol. The van der Waals surface area contributed by atoms with E-state index in [1.165, 1.54) is 24.3 Å². The molecule has 5 heteroatoms. The predicted octanol–water partition coefficient (Wildman–Crippen LogP) is 2.73. The van der Waals surface area contributed by atoms with Gasteiger partial charge in [-0.2, -0.15) is 0 Å². The summed E-state index contributed by atoms with van der Waals surface area (Å²) in [6.45, 7) is 3.82. The summed E-state index contributed by atoms with van der Waals surface area (Å²) >= 11 is 0. The molecule has 5 nitrogen and oxygen atoms in total. The zero-order valence-electron chi connectivity index (χ0n) is 9.92. The number of ether oxygens (including phenoxy) is 1. The molecule has 1 unspecified atom stereocenters. The lowest BCUT2D eigenvalue weighted by Crippen LogP contribution is -2.15. The first-order valence-corrected chi connectivity index (χ1v) is 5.51. The normalized spacial score (nSPS) is 12.0. The van der Waals surface area contributed by atoms with Crippen LogP contribution in [0.2, 0.25) is 0 Å². The summed E-state index contributed by atoms with van der Waals surface area (Å²) in [5.74, 6) is -0.491. The van der Waals surface area contributed by atoms with Crippen LogP contribution in [-0.2, 0) is 4.74 Å². The molecule has 0 heterocycles. The molecule has 0 aliphatic rings. The van der Waals surface area contributed by atoms with E-state index in [2.05, 4.69) is 0 Å². The molecule has 0 saturated carbocycles. The molecule has 0 aliphatic heterocycles. The molecule has 1 rings (SSSR count). The number of esters is 1. The highest BCUT2D eigenvalue weighted by atomic mass is 16.8. The molecule has 0 fully saturated rings. The summed E-state index contributed by atoms with van der Waals surface area (Å²) in [4.78, 5) is 11.7. The first-order chi connectivity index (χ1) is 8.04. The second kappa shape index (κ2) is 6.22. The number of benzene rings is 1. The molecular formula is C12H16NO4-. The van der Waals surface area contributed by atoms with Gasteiger partial charge in [-0.15, -0.1) is 0 Å². The molecule has 1 aromatic carbocycles. The van der Waals surface area contributed by atoms with E-state index in [-0.39, 0.29) is 22.6 Å². The predicted molar refractivity (Wildman–Crippen MR) is 63.9 cm³/mol. The standard InChI is InChI=1S/C12H16NO4/c1-3-5-9(2)17-12(14)10-6-4-7-11(8-10)13(15)16/h4,6-9,15H,3,5H2,1-2H3/q-1. The molecule has 17 heavy (non-hydrogen) atoms. The van der Waals surface area contributed by atoms with Crippen molar-refractivity contribution in [2.24, 2.45) is 0 Å². The summed E-state index contributed by atoms with van der Waals surface area (Å²) in [6.07, 6.45) is 1.56. The Morgan fingerprint density at radius 1 is 1.59 bits per heavy atom. The quantitative estimate of drug-likeness (QED) is 0.630. The number of hydrogen-bond donors (Lipinski definition) is 1. The van der Waals surface area contributed by atoms with Gasteiger partial charge in [0.05, 0.1) is 17.4 Å². The largest absolute Gasteiger partial charge is 0.733 e. The molecular weight excluding hydrogens is 222 g/mol. The van der Waals surface area contributed by atoms with E-state index in [9.17, 15) is 10.0 Å². The maximum absolute atomic E-state index is 11.7. The Morgan fingerprint density at radius 2 is 2.29 bits per heavy atom. The first-order valence-electron chi connectivity index (χ1n) is 5.51. The summed E-state index contributed by atoms with van der Waals surface area (Å²) in [6, 6.07) is 5.73. The smallest absolute Gasteiger partial charge is 0.338 e. The van der Waals surface area contributed by atoms with Gasteiger partial charge < -0.3 is 15.2 Å². The van der Waals surface area contributed by atoms with Crippen LogP contribution in [0.3, 0.4) is 0 Å². The summed E-state index contributed by atoms with van der Waals surface area (Å²) < 4.78 is 5.17. The van der Waals surface area contributed by atoms with Crippen molar-refractivity contribution in [3.8, 4) is 0 Å². The molecule has 1 atom stereocenters. The highest BCUT2D eigenvalue weighted by Crippen LogP contribution is 2.15. The number of carbonyl (C=O) groups is 1. The first kappa shape index (κ1) is 13.5. The SMILES string of the molecule is CCCC(C)OC(=O)c1cccc(N([O-])O)c1. The topological polar surface area (TPSA) is 72.8 Å². The molecule has 0 amide bonds. The van der Waals surface area contributed by atoms with Gasteiger partial charge >= 0.3 is 5.97 Å². The Morgan fingerprint density at radius 3 is 2.88 bits per heavy atom. The van der Waals surface area contributed by atoms with Crippen LogP contribution in [-0.4, -0.2) is 17.3 Å². The second-order valence-electron chi connectivity index (χ2n) is 3.83. The highest BCUT2D eigenvalue weighted by molar-refractivity contribution is 5.90. The van der Waals surface area contributed by atoms with Gasteiger partial charge in [-0.25, -0.2) is 4.79 Å². The third kappa shape index (κ3) is 4.05. The van der Waals surface area contributed by atoms with E-state index < -0.39 is 5.97 Å². The minimum absolute atomic E-state index is 0.00240. The Labute approximate surface area is 100 Å². The van der Waals surface area contributed by atoms with Gasteiger partial charge in [0.25, 0.3) is 0 Å². The van der Waals surface area contributed by atoms with Crippen molar-refractivity contribution < 1.29 is 14.7 Å². The van der Waals surface area contributed by atoms with Crippen molar-refractivity contribution >= 4 is 11.7 Å². The maximum atomic E-state index is 11.7. The van der Waals surface area contributed by atoms with Crippen molar-refractivity contribution in [3.63, 3.8) is 0 Å². The van der Waals surface area contributed by atoms with Gasteiger partial charge in [0.15, 0.2) is 0 Å². The number of carbonyl (C=O) groups excluding carboxylic acids is 1. The molecule has 0 aliphatic carbocycles. The Bertz CT molecular complexity index is 379. The second-order valence-corrected chi connectivity index (χ2v) is 3.83. The van der Waals surface area contributed by atoms with Crippen LogP contribution in [0.1, 0.15) is 37.0 Å². The van der Waals surface area contributed by atoms with E-state index in [1.54, 1.807) is 0 Å². The molecule has 94 valence electrons. The molecule has 0 radical (unpaired) electrons. The van der Waals surface area contributed by atoms with E-state index in [0.717, 1.165) is 12.8 Å². The number of anilines is 1. The van der Waals surface area contributed by atoms with Gasteiger partial charge in [-0.1, -0.05) is 19.4 Å². The van der Waals surface area contributed by atoms with Gasteiger partial charge in [-0.05, 0) is 31.5 Å². The van der Waals surface area contributed by atoms with Crippen molar-refractivity contribution in [1.29, 1.82) is 0 Å². The van der Waals surface area contributed by atoms with Gasteiger partial charge in [-0.3, -0.25) is 5.21 Å². The van der Waals surface area contributed by atoms with Crippen LogP contribution in [0.15, 0.2) is 24.3 Å². The molecule has 1 aromatic rings. The fourth-order valence-corrected chi connectivity index (χ4v) is 1.47. The minimum Gasteiger partial charge on any atom is -0.733 e. The lowest BCUT2D eigenvalue weighted by molar-refractivity contribution is 0.0323. The lowest BCUT2D eigenvalue weighted by Gasteiger charge is -2.22. The van der Waals surface area contributed by atoms with Gasteiger partial charge in [0.2, 0.25) is 0 Å². The van der Waals surface area contributed by atoms with Gasteiger partial charge in [0, 0.05) is 0 Å². The van der Waals surface area contributed by atoms with Gasteiger partial charge in [0.1, 0.15) is 0 Å². The van der Waals surface area contributed by atoms with E-state index >= 15 is 0 Å². The molecule has 1 N–H and O–H groups in total. The van der Waals surface area contributed by atoms with Crippen LogP contribution in [0.4, 0.5) is 5.69 Å². The van der Waals surface area contributed by atoms with Crippen molar-refractivity contribution in [1.82, 2.24) is 0 Å². The van der Waals surface area contributed by atoms with E-state index in [0.29, 0.717) is 0 Å². The van der Waals surface area contributed by atoms with Crippen LogP contribution in [0, 0.1) is 5.21 Å². The third-order valence-corrected chi connectivity index (χ3v) is 2.31. The van der Waals surface area contributed by atoms with Crippen LogP contribution in [0.25, 0.3) is 0 Å². The van der Waals surface area contributed by atoms with E-state index in [4.69, 9.17) is 9.94 Å². The molecule has 0 saturated heterocycles. The zero-order chi connectivity index (χ0) is 12.8. The van der Waals surface area contributed by atoms with Crippen LogP contribution >= 0.6 is 0 Å². The molecule has 0 spiro atoms. The van der Waals surface area contributed by atoms with Crippen LogP contribution in [0.5, 0.6) is 0 Å². The fourth-order valence-electron chi connectivity index (χ4n) is 1.47.